The summed E-state index contributed by atoms with van der Waals surface area (Å²) < 4.78 is 68.9. The molecule has 0 aliphatic rings. The molecule has 532 valence electrons. The normalized spacial score (nSPS) is 9.97. The van der Waals surface area contributed by atoms with E-state index in [0.717, 1.165) is 24.3 Å². The first-order valence-corrected chi connectivity index (χ1v) is 29.9. The van der Waals surface area contributed by atoms with Crippen molar-refractivity contribution in [2.75, 3.05) is 56.9 Å². The topological polar surface area (TPSA) is 417 Å². The zero-order valence-corrected chi connectivity index (χ0v) is 56.5. The average molecular weight is 1470 g/mol. The Morgan fingerprint density at radius 3 is 1.02 bits per heavy atom. The van der Waals surface area contributed by atoms with Gasteiger partial charge in [0.05, 0.1) is 120 Å². The second kappa shape index (κ2) is 40.8. The summed E-state index contributed by atoms with van der Waals surface area (Å²) in [6.07, 6.45) is 1.05. The molecule has 0 aromatic heterocycles. The maximum absolute atomic E-state index is 12.6. The number of rotatable bonds is 26. The smallest absolute Gasteiger partial charge is 0.309 e. The van der Waals surface area contributed by atoms with Gasteiger partial charge in [-0.1, -0.05) is 40.2 Å². The number of alkyl halides is 1. The Morgan fingerprint density at radius 2 is 0.693 bits per heavy atom. The van der Waals surface area contributed by atoms with Crippen molar-refractivity contribution in [3.05, 3.63) is 236 Å². The molecule has 0 bridgehead atoms. The van der Waals surface area contributed by atoms with Crippen molar-refractivity contribution in [3.8, 4) is 63.2 Å². The number of aliphatic hydroxyl groups excluding tert-OH is 1. The minimum atomic E-state index is -0.754. The number of hydrogen-bond donors (Lipinski definition) is 2. The molecule has 101 heavy (non-hydrogen) atoms. The predicted octanol–water partition coefficient (Wildman–Crippen LogP) is 12.2. The van der Waals surface area contributed by atoms with Gasteiger partial charge in [-0.15, -0.1) is 0 Å². The number of ether oxygens (including phenoxy) is 11. The molecule has 0 fully saturated rings. The number of aldehydes is 2. The van der Waals surface area contributed by atoms with Crippen LogP contribution in [0.25, 0.3) is 0 Å². The summed E-state index contributed by atoms with van der Waals surface area (Å²) in [4.78, 5) is 107. The highest BCUT2D eigenvalue weighted by Crippen LogP contribution is 2.39. The zero-order chi connectivity index (χ0) is 74.9. The largest absolute Gasteiger partial charge is 0.504 e. The molecular formula is C68H64BrFN4O27. The molecule has 0 saturated heterocycles. The Kier molecular flexibility index (Phi) is 32.6. The van der Waals surface area contributed by atoms with Crippen LogP contribution in [-0.2, 0) is 75.7 Å². The third-order valence-corrected chi connectivity index (χ3v) is 14.0. The van der Waals surface area contributed by atoms with E-state index in [0.29, 0.717) is 79.7 Å². The maximum atomic E-state index is 12.6. The van der Waals surface area contributed by atoms with E-state index in [-0.39, 0.29) is 106 Å². The van der Waals surface area contributed by atoms with Gasteiger partial charge in [-0.05, 0) is 95.1 Å². The zero-order valence-electron chi connectivity index (χ0n) is 54.9. The second-order valence-corrected chi connectivity index (χ2v) is 20.4. The standard InChI is InChI=1S/C17H16BrNO6.C17H17NO7.C17H15NO7.C10H12O4.C7H4FNO3/c1-23-15-5-3-11(8-17(20)24-2)7-16(15)25-14-6-4-13(19(21)22)9-12(14)10-18;2*1-23-15-5-3-11(8-17(20)24-2)7-16(15)25-14-6-4-13(18(21)22)9-12(14)10-19;1-13-9-4-3-7(5-8(9)11)6-10(12)14-2;8-7-2-1-6(9(11)12)3-5(7)4-10/h3-7,9H,8,10H2,1-2H3;3-7,9,19H,8,10H2,1-2H3;3-7,9-10H,8H2,1-2H3;3-5,11H,6H2,1-2H3;1-4H. The molecular weight excluding hydrogens is 1400 g/mol. The summed E-state index contributed by atoms with van der Waals surface area (Å²) in [5.74, 6) is 1.22. The van der Waals surface area contributed by atoms with Gasteiger partial charge in [0.2, 0.25) is 0 Å². The molecule has 0 radical (unpaired) electrons. The van der Waals surface area contributed by atoms with E-state index in [1.165, 1.54) is 111 Å². The Morgan fingerprint density at radius 1 is 0.396 bits per heavy atom. The summed E-state index contributed by atoms with van der Waals surface area (Å²) >= 11 is 3.30. The quantitative estimate of drug-likeness (QED) is 0.0127. The van der Waals surface area contributed by atoms with E-state index < -0.39 is 44.1 Å². The van der Waals surface area contributed by atoms with Gasteiger partial charge in [-0.2, -0.15) is 0 Å². The van der Waals surface area contributed by atoms with E-state index in [9.17, 15) is 83.8 Å². The van der Waals surface area contributed by atoms with Gasteiger partial charge < -0.3 is 62.3 Å². The number of phenolic OH excluding ortho intramolecular Hbond substituents is 1. The van der Waals surface area contributed by atoms with E-state index in [2.05, 4.69) is 34.9 Å². The number of aromatic hydroxyl groups is 1. The summed E-state index contributed by atoms with van der Waals surface area (Å²) in [7, 11) is 11.1. The summed E-state index contributed by atoms with van der Waals surface area (Å²) in [6, 6.07) is 34.4. The minimum Gasteiger partial charge on any atom is -0.504 e. The number of carbonyl (C=O) groups excluding carboxylic acids is 6. The lowest BCUT2D eigenvalue weighted by Crippen LogP contribution is -2.05. The van der Waals surface area contributed by atoms with Crippen molar-refractivity contribution >= 4 is 75.1 Å². The lowest BCUT2D eigenvalue weighted by Gasteiger charge is -2.14. The number of nitro groups is 4. The number of nitro benzene ring substituents is 4. The number of benzene rings is 8. The van der Waals surface area contributed by atoms with Gasteiger partial charge in [0.25, 0.3) is 22.7 Å². The fraction of sp³-hybridized carbons (Fsp3) is 0.206. The molecule has 2 N–H and O–H groups in total. The molecule has 0 heterocycles. The molecule has 0 amide bonds. The van der Waals surface area contributed by atoms with Crippen LogP contribution < -0.4 is 33.2 Å². The first-order valence-electron chi connectivity index (χ1n) is 28.8. The van der Waals surface area contributed by atoms with Crippen molar-refractivity contribution in [1.82, 2.24) is 0 Å². The number of aliphatic hydroxyl groups is 1. The van der Waals surface area contributed by atoms with Crippen LogP contribution >= 0.6 is 15.9 Å². The Hall–Kier alpha value is -12.7. The van der Waals surface area contributed by atoms with Gasteiger partial charge in [0.15, 0.2) is 58.6 Å². The van der Waals surface area contributed by atoms with Crippen LogP contribution in [0.5, 0.6) is 63.2 Å². The van der Waals surface area contributed by atoms with Crippen molar-refractivity contribution in [1.29, 1.82) is 0 Å². The van der Waals surface area contributed by atoms with Gasteiger partial charge in [0, 0.05) is 65.0 Å². The van der Waals surface area contributed by atoms with Gasteiger partial charge in [-0.3, -0.25) is 69.2 Å². The highest BCUT2D eigenvalue weighted by molar-refractivity contribution is 9.08. The number of carbonyl (C=O) groups is 6. The fourth-order valence-electron chi connectivity index (χ4n) is 8.24. The number of hydrogen-bond acceptors (Lipinski definition) is 27. The molecule has 8 rings (SSSR count). The summed E-state index contributed by atoms with van der Waals surface area (Å²) in [5.41, 5.74) is 2.57. The van der Waals surface area contributed by atoms with Crippen LogP contribution in [0.1, 0.15) is 54.1 Å². The number of methoxy groups -OCH3 is 8. The van der Waals surface area contributed by atoms with Crippen LogP contribution in [0.4, 0.5) is 27.1 Å². The third kappa shape index (κ3) is 25.1. The van der Waals surface area contributed by atoms with Crippen LogP contribution in [0, 0.1) is 46.3 Å². The first kappa shape index (κ1) is 80.8. The number of halogens is 2. The minimum absolute atomic E-state index is 0.0202. The van der Waals surface area contributed by atoms with Crippen molar-refractivity contribution in [2.24, 2.45) is 0 Å². The van der Waals surface area contributed by atoms with Crippen LogP contribution in [0.3, 0.4) is 0 Å². The molecule has 0 unspecified atom stereocenters. The maximum Gasteiger partial charge on any atom is 0.309 e. The summed E-state index contributed by atoms with van der Waals surface area (Å²) in [6.45, 7) is -0.429. The number of non-ortho nitro benzene ring substituents is 4. The molecule has 33 heteroatoms. The van der Waals surface area contributed by atoms with E-state index in [4.69, 9.17) is 33.2 Å². The van der Waals surface area contributed by atoms with Gasteiger partial charge in [-0.25, -0.2) is 4.39 Å². The van der Waals surface area contributed by atoms with Crippen LogP contribution in [0.15, 0.2) is 146 Å². The monoisotopic (exact) mass is 1470 g/mol. The molecule has 0 aliphatic carbocycles. The van der Waals surface area contributed by atoms with E-state index >= 15 is 0 Å². The SMILES string of the molecule is COC(=O)Cc1ccc(OC)c(O)c1.COC(=O)Cc1ccc(OC)c(Oc2ccc([N+](=O)[O-])cc2C=O)c1.COC(=O)Cc1ccc(OC)c(Oc2ccc([N+](=O)[O-])cc2CBr)c1.COC(=O)Cc1ccc(OC)c(Oc2ccc([N+](=O)[O-])cc2CO)c1.O=Cc1cc([N+](=O)[O-])ccc1F. The first-order chi connectivity index (χ1) is 48.2. The van der Waals surface area contributed by atoms with E-state index in [1.54, 1.807) is 66.7 Å². The molecule has 31 nitrogen and oxygen atoms in total. The fourth-order valence-corrected chi connectivity index (χ4v) is 8.68. The summed E-state index contributed by atoms with van der Waals surface area (Å²) in [5, 5.41) is 61.9. The Labute approximate surface area is 582 Å². The van der Waals surface area contributed by atoms with Crippen LogP contribution in [-0.4, -0.2) is 123 Å². The Balaban J connectivity index is 0.000000275. The van der Waals surface area contributed by atoms with E-state index in [1.807, 2.05) is 0 Å². The second-order valence-electron chi connectivity index (χ2n) is 19.8. The average Bonchev–Trinajstić information content (AvgIpc) is 0.835. The molecule has 0 spiro atoms. The molecule has 8 aromatic carbocycles. The lowest BCUT2D eigenvalue weighted by atomic mass is 10.1. The number of esters is 4. The van der Waals surface area contributed by atoms with Crippen molar-refractivity contribution < 1.29 is 115 Å². The molecule has 0 atom stereocenters. The van der Waals surface area contributed by atoms with Crippen molar-refractivity contribution in [3.63, 3.8) is 0 Å². The highest BCUT2D eigenvalue weighted by atomic mass is 79.9. The predicted molar refractivity (Wildman–Crippen MR) is 358 cm³/mol. The third-order valence-electron chi connectivity index (χ3n) is 13.4. The molecule has 0 saturated carbocycles. The number of phenols is 1. The number of nitrogens with zero attached hydrogens (tertiary/aromatic N) is 4. The van der Waals surface area contributed by atoms with Gasteiger partial charge in [0.1, 0.15) is 23.1 Å². The lowest BCUT2D eigenvalue weighted by molar-refractivity contribution is -0.385. The highest BCUT2D eigenvalue weighted by Gasteiger charge is 2.20. The van der Waals surface area contributed by atoms with Gasteiger partial charge >= 0.3 is 23.9 Å². The van der Waals surface area contributed by atoms with Crippen molar-refractivity contribution in [2.45, 2.75) is 37.6 Å². The Bertz CT molecular complexity index is 4150. The van der Waals surface area contributed by atoms with Crippen LogP contribution in [0.2, 0.25) is 0 Å². The molecule has 0 aliphatic heterocycles. The molecule has 8 aromatic rings.